The van der Waals surface area contributed by atoms with Gasteiger partial charge in [0.25, 0.3) is 0 Å². The summed E-state index contributed by atoms with van der Waals surface area (Å²) in [6, 6.07) is 7.51. The number of ether oxygens (including phenoxy) is 2. The molecule has 0 fully saturated rings. The molecule has 22 heavy (non-hydrogen) atoms. The average Bonchev–Trinajstić information content (AvgIpc) is 2.54. The second-order valence-corrected chi connectivity index (χ2v) is 5.01. The number of fused-ring (bicyclic) bond motifs is 1. The van der Waals surface area contributed by atoms with Crippen molar-refractivity contribution in [2.75, 3.05) is 25.3 Å². The lowest BCUT2D eigenvalue weighted by molar-refractivity contribution is 0.0303. The number of nitrogens with zero attached hydrogens (tertiary/aromatic N) is 2. The van der Waals surface area contributed by atoms with Crippen molar-refractivity contribution in [3.63, 3.8) is 0 Å². The molecule has 0 saturated heterocycles. The Hall–Kier alpha value is -2.44. The second kappa shape index (κ2) is 6.13. The van der Waals surface area contributed by atoms with Gasteiger partial charge in [0.1, 0.15) is 24.4 Å². The number of nitrogens with two attached hydrogens (primary N) is 1. The van der Waals surface area contributed by atoms with Crippen molar-refractivity contribution >= 4 is 29.3 Å². The molecular formula is C16H18N4O2. The van der Waals surface area contributed by atoms with E-state index in [1.54, 1.807) is 14.2 Å². The van der Waals surface area contributed by atoms with Crippen molar-refractivity contribution in [1.29, 1.82) is 0 Å². The summed E-state index contributed by atoms with van der Waals surface area (Å²) in [4.78, 5) is 8.63. The minimum Gasteiger partial charge on any atom is -0.399 e. The third-order valence-corrected chi connectivity index (χ3v) is 3.59. The van der Waals surface area contributed by atoms with Gasteiger partial charge in [-0.3, -0.25) is 0 Å². The first-order valence-electron chi connectivity index (χ1n) is 6.94. The first-order valence-corrected chi connectivity index (χ1v) is 6.94. The lowest BCUT2D eigenvalue weighted by Crippen LogP contribution is -2.42. The lowest BCUT2D eigenvalue weighted by atomic mass is 10.1. The van der Waals surface area contributed by atoms with E-state index in [1.165, 1.54) is 6.33 Å². The fraction of sp³-hybridized carbons (Fsp3) is 0.250. The number of nitrogen functional groups attached to an aromatic ring is 1. The molecule has 0 aliphatic heterocycles. The van der Waals surface area contributed by atoms with Crippen LogP contribution in [0.15, 0.2) is 30.6 Å². The number of methoxy groups -OCH3 is 2. The Morgan fingerprint density at radius 3 is 2.59 bits per heavy atom. The topological polar surface area (TPSA) is 82.3 Å². The Labute approximate surface area is 128 Å². The van der Waals surface area contributed by atoms with Crippen LogP contribution in [-0.2, 0) is 9.47 Å². The summed E-state index contributed by atoms with van der Waals surface area (Å²) in [5, 5.41) is 4.99. The van der Waals surface area contributed by atoms with Gasteiger partial charge in [-0.05, 0) is 30.4 Å². The molecule has 0 spiro atoms. The zero-order chi connectivity index (χ0) is 15.5. The van der Waals surface area contributed by atoms with Crippen LogP contribution in [0.5, 0.6) is 0 Å². The number of nitrogens with one attached hydrogen (secondary N) is 1. The molecule has 6 nitrogen and oxygen atoms in total. The van der Waals surface area contributed by atoms with Crippen molar-refractivity contribution in [3.8, 4) is 0 Å². The number of benzene rings is 1. The minimum absolute atomic E-state index is 0.160. The Morgan fingerprint density at radius 2 is 1.86 bits per heavy atom. The van der Waals surface area contributed by atoms with Crippen LogP contribution in [0.2, 0.25) is 0 Å². The zero-order valence-electron chi connectivity index (χ0n) is 12.5. The standard InChI is InChI=1S/C16H18N4O2/c1-21-14-7-12-13(8-15(14)22-2)18-9-19-16(12)20-11-5-3-4-10(17)6-11/h3-9,14-15H,17H2,1-2H3,(H,18,19,20). The molecule has 2 aromatic rings. The predicted octanol–water partition coefficient (Wildman–Crippen LogP) is 0.407. The van der Waals surface area contributed by atoms with Crippen molar-refractivity contribution < 1.29 is 9.47 Å². The molecule has 1 aliphatic rings. The molecule has 0 bridgehead atoms. The van der Waals surface area contributed by atoms with Gasteiger partial charge in [0.2, 0.25) is 0 Å². The lowest BCUT2D eigenvalue weighted by Gasteiger charge is -2.22. The SMILES string of the molecule is COC1C=c2ncnc(Nc3cccc(N)c3)c2=CC1OC. The van der Waals surface area contributed by atoms with E-state index in [1.807, 2.05) is 36.4 Å². The highest BCUT2D eigenvalue weighted by Crippen LogP contribution is 2.15. The number of aromatic nitrogens is 2. The first kappa shape index (κ1) is 14.5. The summed E-state index contributed by atoms with van der Waals surface area (Å²) in [5.41, 5.74) is 7.37. The first-order chi connectivity index (χ1) is 10.7. The highest BCUT2D eigenvalue weighted by molar-refractivity contribution is 5.63. The molecule has 3 rings (SSSR count). The molecular weight excluding hydrogens is 280 g/mol. The smallest absolute Gasteiger partial charge is 0.141 e. The number of hydrogen-bond acceptors (Lipinski definition) is 6. The summed E-state index contributed by atoms with van der Waals surface area (Å²) in [7, 11) is 3.31. The molecule has 6 heteroatoms. The maximum atomic E-state index is 5.81. The highest BCUT2D eigenvalue weighted by atomic mass is 16.5. The van der Waals surface area contributed by atoms with E-state index in [-0.39, 0.29) is 12.2 Å². The molecule has 0 saturated carbocycles. The maximum Gasteiger partial charge on any atom is 0.141 e. The summed E-state index contributed by atoms with van der Waals surface area (Å²) in [6.07, 6.45) is 5.10. The fourth-order valence-corrected chi connectivity index (χ4v) is 2.47. The van der Waals surface area contributed by atoms with Gasteiger partial charge in [-0.2, -0.15) is 0 Å². The van der Waals surface area contributed by atoms with E-state index in [2.05, 4.69) is 15.3 Å². The third-order valence-electron chi connectivity index (χ3n) is 3.59. The largest absolute Gasteiger partial charge is 0.399 e. The molecule has 3 N–H and O–H groups in total. The van der Waals surface area contributed by atoms with E-state index in [0.29, 0.717) is 11.5 Å². The molecule has 1 aliphatic carbocycles. The molecule has 2 atom stereocenters. The Balaban J connectivity index is 2.05. The molecule has 0 amide bonds. The normalized spacial score (nSPS) is 19.7. The molecule has 0 radical (unpaired) electrons. The summed E-state index contributed by atoms with van der Waals surface area (Å²) in [6.45, 7) is 0. The van der Waals surface area contributed by atoms with Crippen LogP contribution < -0.4 is 21.6 Å². The Kier molecular flexibility index (Phi) is 4.04. The van der Waals surface area contributed by atoms with Gasteiger partial charge in [-0.1, -0.05) is 6.07 Å². The van der Waals surface area contributed by atoms with E-state index >= 15 is 0 Å². The monoisotopic (exact) mass is 298 g/mol. The zero-order valence-corrected chi connectivity index (χ0v) is 12.5. The average molecular weight is 298 g/mol. The van der Waals surface area contributed by atoms with Crippen LogP contribution in [0, 0.1) is 0 Å². The molecule has 1 aromatic heterocycles. The molecule has 2 unspecified atom stereocenters. The van der Waals surface area contributed by atoms with E-state index in [0.717, 1.165) is 16.3 Å². The summed E-state index contributed by atoms with van der Waals surface area (Å²) >= 11 is 0. The minimum atomic E-state index is -0.176. The van der Waals surface area contributed by atoms with E-state index in [4.69, 9.17) is 15.2 Å². The van der Waals surface area contributed by atoms with Gasteiger partial charge >= 0.3 is 0 Å². The van der Waals surface area contributed by atoms with Crippen LogP contribution >= 0.6 is 0 Å². The number of anilines is 3. The van der Waals surface area contributed by atoms with Gasteiger partial charge in [-0.15, -0.1) is 0 Å². The highest BCUT2D eigenvalue weighted by Gasteiger charge is 2.20. The quantitative estimate of drug-likeness (QED) is 0.796. The van der Waals surface area contributed by atoms with Crippen LogP contribution in [0.25, 0.3) is 12.2 Å². The predicted molar refractivity (Wildman–Crippen MR) is 85.9 cm³/mol. The van der Waals surface area contributed by atoms with Crippen LogP contribution in [0.4, 0.5) is 17.2 Å². The number of hydrogen-bond donors (Lipinski definition) is 2. The number of rotatable bonds is 4. The molecule has 1 aromatic carbocycles. The summed E-state index contributed by atoms with van der Waals surface area (Å²) in [5.74, 6) is 0.712. The van der Waals surface area contributed by atoms with Gasteiger partial charge in [-0.25, -0.2) is 9.97 Å². The van der Waals surface area contributed by atoms with E-state index in [9.17, 15) is 0 Å². The summed E-state index contributed by atoms with van der Waals surface area (Å²) < 4.78 is 10.9. The van der Waals surface area contributed by atoms with Gasteiger partial charge in [0, 0.05) is 30.8 Å². The van der Waals surface area contributed by atoms with Crippen molar-refractivity contribution in [1.82, 2.24) is 9.97 Å². The Bertz CT molecular complexity index is 791. The van der Waals surface area contributed by atoms with Gasteiger partial charge in [0.15, 0.2) is 0 Å². The van der Waals surface area contributed by atoms with Crippen LogP contribution in [0.1, 0.15) is 0 Å². The van der Waals surface area contributed by atoms with Crippen molar-refractivity contribution in [2.45, 2.75) is 12.2 Å². The van der Waals surface area contributed by atoms with Crippen molar-refractivity contribution in [3.05, 3.63) is 41.2 Å². The van der Waals surface area contributed by atoms with Crippen LogP contribution in [0.3, 0.4) is 0 Å². The van der Waals surface area contributed by atoms with E-state index < -0.39 is 0 Å². The molecule has 114 valence electrons. The third kappa shape index (κ3) is 2.79. The van der Waals surface area contributed by atoms with Gasteiger partial charge < -0.3 is 20.5 Å². The Morgan fingerprint density at radius 1 is 1.09 bits per heavy atom. The second-order valence-electron chi connectivity index (χ2n) is 5.01. The van der Waals surface area contributed by atoms with Gasteiger partial charge in [0.05, 0.1) is 5.35 Å². The maximum absolute atomic E-state index is 5.81. The van der Waals surface area contributed by atoms with Crippen molar-refractivity contribution in [2.24, 2.45) is 0 Å². The fourth-order valence-electron chi connectivity index (χ4n) is 2.47. The van der Waals surface area contributed by atoms with Crippen LogP contribution in [-0.4, -0.2) is 36.4 Å². The molecule has 1 heterocycles.